The summed E-state index contributed by atoms with van der Waals surface area (Å²) in [7, 11) is 2.14. The zero-order valence-corrected chi connectivity index (χ0v) is 11.0. The molecule has 3 heteroatoms. The number of rotatable bonds is 5. The molecule has 0 saturated carbocycles. The van der Waals surface area contributed by atoms with Gasteiger partial charge in [-0.3, -0.25) is 0 Å². The van der Waals surface area contributed by atoms with Crippen molar-refractivity contribution in [3.05, 3.63) is 23.7 Å². The van der Waals surface area contributed by atoms with Gasteiger partial charge in [0, 0.05) is 18.7 Å². The van der Waals surface area contributed by atoms with Crippen LogP contribution in [0.4, 0.5) is 0 Å². The molecule has 0 amide bonds. The minimum Gasteiger partial charge on any atom is -0.469 e. The third-order valence-corrected chi connectivity index (χ3v) is 3.39. The molecule has 0 aromatic carbocycles. The van der Waals surface area contributed by atoms with Gasteiger partial charge >= 0.3 is 0 Å². The zero-order valence-electron chi connectivity index (χ0n) is 10.1. The summed E-state index contributed by atoms with van der Waals surface area (Å²) in [5.74, 6) is 1.92. The van der Waals surface area contributed by atoms with Gasteiger partial charge in [0.15, 0.2) is 0 Å². The topological polar surface area (TPSA) is 16.4 Å². The summed E-state index contributed by atoms with van der Waals surface area (Å²) < 4.78 is 5.28. The van der Waals surface area contributed by atoms with Crippen LogP contribution in [0.25, 0.3) is 0 Å². The maximum Gasteiger partial charge on any atom is 0.105 e. The molecule has 0 saturated heterocycles. The quantitative estimate of drug-likeness (QED) is 0.779. The molecule has 0 spiro atoms. The van der Waals surface area contributed by atoms with Gasteiger partial charge < -0.3 is 9.32 Å². The van der Waals surface area contributed by atoms with Crippen LogP contribution < -0.4 is 0 Å². The monoisotopic (exact) mass is 227 g/mol. The van der Waals surface area contributed by atoms with Crippen molar-refractivity contribution in [1.29, 1.82) is 0 Å². The van der Waals surface area contributed by atoms with E-state index in [1.54, 1.807) is 6.26 Å². The molecule has 0 N–H and O–H groups in total. The normalized spacial score (nSPS) is 12.4. The minimum atomic E-state index is 0.259. The molecule has 1 heterocycles. The minimum absolute atomic E-state index is 0.259. The van der Waals surface area contributed by atoms with Crippen LogP contribution in [-0.2, 0) is 6.54 Å². The predicted molar refractivity (Wildman–Crippen MR) is 67.4 cm³/mol. The summed E-state index contributed by atoms with van der Waals surface area (Å²) in [6.07, 6.45) is 1.75. The molecule has 0 radical (unpaired) electrons. The van der Waals surface area contributed by atoms with Crippen LogP contribution in [0.3, 0.4) is 0 Å². The highest BCUT2D eigenvalue weighted by atomic mass is 32.1. The van der Waals surface area contributed by atoms with Gasteiger partial charge in [-0.1, -0.05) is 13.8 Å². The van der Waals surface area contributed by atoms with Crippen LogP contribution in [0.2, 0.25) is 0 Å². The molecule has 0 aliphatic carbocycles. The average molecular weight is 227 g/mol. The summed E-state index contributed by atoms with van der Waals surface area (Å²) in [4.78, 5) is 2.31. The molecule has 0 fully saturated rings. The highest BCUT2D eigenvalue weighted by Crippen LogP contribution is 2.19. The third-order valence-electron chi connectivity index (χ3n) is 2.53. The van der Waals surface area contributed by atoms with Crippen LogP contribution in [0.15, 0.2) is 16.7 Å². The van der Waals surface area contributed by atoms with Gasteiger partial charge in [-0.25, -0.2) is 0 Å². The Kier molecular flexibility index (Phi) is 4.29. The Morgan fingerprint density at radius 2 is 2.13 bits per heavy atom. The van der Waals surface area contributed by atoms with E-state index < -0.39 is 0 Å². The van der Waals surface area contributed by atoms with Crippen LogP contribution in [0.1, 0.15) is 25.2 Å². The molecule has 0 atom stereocenters. The first-order chi connectivity index (χ1) is 6.94. The third kappa shape index (κ3) is 3.92. The molecule has 0 bridgehead atoms. The van der Waals surface area contributed by atoms with Gasteiger partial charge in [-0.05, 0) is 31.2 Å². The van der Waals surface area contributed by atoms with Crippen molar-refractivity contribution >= 4 is 12.6 Å². The molecule has 1 aromatic heterocycles. The number of furan rings is 1. The van der Waals surface area contributed by atoms with Crippen molar-refractivity contribution in [3.8, 4) is 0 Å². The molecule has 0 aliphatic heterocycles. The first kappa shape index (κ1) is 12.7. The van der Waals surface area contributed by atoms with Gasteiger partial charge in [-0.15, -0.1) is 0 Å². The van der Waals surface area contributed by atoms with E-state index in [-0.39, 0.29) is 5.41 Å². The van der Waals surface area contributed by atoms with Crippen molar-refractivity contribution in [1.82, 2.24) is 4.90 Å². The lowest BCUT2D eigenvalue weighted by Gasteiger charge is -2.28. The number of nitrogens with zero attached hydrogens (tertiary/aromatic N) is 1. The lowest BCUT2D eigenvalue weighted by atomic mass is 9.95. The van der Waals surface area contributed by atoms with Crippen molar-refractivity contribution in [2.75, 3.05) is 19.3 Å². The second-order valence-electron chi connectivity index (χ2n) is 5.00. The number of thiol groups is 1. The first-order valence-electron chi connectivity index (χ1n) is 5.27. The van der Waals surface area contributed by atoms with Gasteiger partial charge in [0.1, 0.15) is 5.76 Å². The van der Waals surface area contributed by atoms with E-state index in [4.69, 9.17) is 4.42 Å². The van der Waals surface area contributed by atoms with Crippen molar-refractivity contribution in [3.63, 3.8) is 0 Å². The van der Waals surface area contributed by atoms with Gasteiger partial charge in [0.25, 0.3) is 0 Å². The Bertz CT molecular complexity index is 306. The molecule has 0 aliphatic rings. The summed E-state index contributed by atoms with van der Waals surface area (Å²) in [6.45, 7) is 8.46. The van der Waals surface area contributed by atoms with E-state index in [0.29, 0.717) is 0 Å². The van der Waals surface area contributed by atoms with Gasteiger partial charge in [-0.2, -0.15) is 12.6 Å². The molecule has 0 unspecified atom stereocenters. The summed E-state index contributed by atoms with van der Waals surface area (Å²) in [6, 6.07) is 2.04. The Morgan fingerprint density at radius 3 is 2.60 bits per heavy atom. The fraction of sp³-hybridized carbons (Fsp3) is 0.667. The smallest absolute Gasteiger partial charge is 0.105 e. The Labute approximate surface area is 98.1 Å². The molecule has 2 nitrogen and oxygen atoms in total. The molecule has 15 heavy (non-hydrogen) atoms. The Balaban J connectivity index is 2.50. The van der Waals surface area contributed by atoms with E-state index >= 15 is 0 Å². The van der Waals surface area contributed by atoms with E-state index in [1.807, 2.05) is 13.0 Å². The molecule has 1 aromatic rings. The maximum absolute atomic E-state index is 5.28. The molecular weight excluding hydrogens is 206 g/mol. The Morgan fingerprint density at radius 1 is 1.47 bits per heavy atom. The van der Waals surface area contributed by atoms with E-state index in [2.05, 4.69) is 38.4 Å². The predicted octanol–water partition coefficient (Wildman–Crippen LogP) is 2.98. The molecule has 1 rings (SSSR count). The largest absolute Gasteiger partial charge is 0.469 e. The van der Waals surface area contributed by atoms with Crippen LogP contribution in [-0.4, -0.2) is 24.2 Å². The molecular formula is C12H21NOS. The van der Waals surface area contributed by atoms with Gasteiger partial charge in [0.05, 0.1) is 6.26 Å². The number of hydrogen-bond acceptors (Lipinski definition) is 3. The Hall–Kier alpha value is -0.410. The van der Waals surface area contributed by atoms with Crippen LogP contribution in [0.5, 0.6) is 0 Å². The number of hydrogen-bond donors (Lipinski definition) is 1. The van der Waals surface area contributed by atoms with Crippen molar-refractivity contribution < 1.29 is 4.42 Å². The summed E-state index contributed by atoms with van der Waals surface area (Å²) in [5, 5.41) is 0. The first-order valence-corrected chi connectivity index (χ1v) is 5.90. The standard InChI is InChI=1S/C12H21NOS/c1-10-11(5-6-14-10)7-13(4)8-12(2,3)9-15/h5-6,15H,7-9H2,1-4H3. The lowest BCUT2D eigenvalue weighted by molar-refractivity contribution is 0.224. The van der Waals surface area contributed by atoms with Crippen molar-refractivity contribution in [2.45, 2.75) is 27.3 Å². The maximum atomic E-state index is 5.28. The van der Waals surface area contributed by atoms with E-state index in [9.17, 15) is 0 Å². The summed E-state index contributed by atoms with van der Waals surface area (Å²) in [5.41, 5.74) is 1.53. The van der Waals surface area contributed by atoms with E-state index in [1.165, 1.54) is 5.56 Å². The number of aryl methyl sites for hydroxylation is 1. The molecule has 86 valence electrons. The van der Waals surface area contributed by atoms with Gasteiger partial charge in [0.2, 0.25) is 0 Å². The summed E-state index contributed by atoms with van der Waals surface area (Å²) >= 11 is 4.36. The highest BCUT2D eigenvalue weighted by molar-refractivity contribution is 7.80. The average Bonchev–Trinajstić information content (AvgIpc) is 2.51. The SMILES string of the molecule is Cc1occc1CN(C)CC(C)(C)CS. The van der Waals surface area contributed by atoms with Crippen LogP contribution in [0, 0.1) is 12.3 Å². The van der Waals surface area contributed by atoms with E-state index in [0.717, 1.165) is 24.6 Å². The fourth-order valence-corrected chi connectivity index (χ4v) is 1.80. The zero-order chi connectivity index (χ0) is 11.5. The second-order valence-corrected chi connectivity index (χ2v) is 5.31. The fourth-order valence-electron chi connectivity index (χ4n) is 1.70. The highest BCUT2D eigenvalue weighted by Gasteiger charge is 2.18. The van der Waals surface area contributed by atoms with Crippen molar-refractivity contribution in [2.24, 2.45) is 5.41 Å². The van der Waals surface area contributed by atoms with Crippen LogP contribution >= 0.6 is 12.6 Å². The lowest BCUT2D eigenvalue weighted by Crippen LogP contribution is -2.32. The second kappa shape index (κ2) is 5.08.